The van der Waals surface area contributed by atoms with E-state index in [4.69, 9.17) is 16.3 Å². The molecule has 0 aromatic heterocycles. The number of amidine groups is 1. The summed E-state index contributed by atoms with van der Waals surface area (Å²) in [5.41, 5.74) is 2.34. The largest absolute Gasteiger partial charge is 0.493 e. The molecule has 2 aromatic carbocycles. The molecule has 7 heteroatoms. The maximum Gasteiger partial charge on any atom is 0.264 e. The number of fused-ring (bicyclic) bond motifs is 1. The summed E-state index contributed by atoms with van der Waals surface area (Å²) in [7, 11) is 0. The van der Waals surface area contributed by atoms with Gasteiger partial charge in [-0.3, -0.25) is 4.79 Å². The number of thioether (sulfide) groups is 1. The third-order valence-electron chi connectivity index (χ3n) is 3.79. The number of amides is 1. The summed E-state index contributed by atoms with van der Waals surface area (Å²) in [6, 6.07) is 9.75. The van der Waals surface area contributed by atoms with E-state index in [0.29, 0.717) is 21.7 Å². The zero-order valence-electron chi connectivity index (χ0n) is 12.9. The van der Waals surface area contributed by atoms with Gasteiger partial charge in [-0.2, -0.15) is 0 Å². The molecule has 0 atom stereocenters. The van der Waals surface area contributed by atoms with Crippen LogP contribution in [0.4, 0.5) is 10.1 Å². The first-order chi connectivity index (χ1) is 12.1. The Balaban J connectivity index is 1.60. The van der Waals surface area contributed by atoms with Crippen molar-refractivity contribution in [1.82, 2.24) is 5.32 Å². The predicted octanol–water partition coefficient (Wildman–Crippen LogP) is 4.31. The molecule has 0 spiro atoms. The lowest BCUT2D eigenvalue weighted by atomic mass is 10.1. The normalized spacial score (nSPS) is 19.2. The highest BCUT2D eigenvalue weighted by Crippen LogP contribution is 2.32. The van der Waals surface area contributed by atoms with Gasteiger partial charge in [-0.25, -0.2) is 9.38 Å². The molecule has 2 aliphatic rings. The number of ether oxygens (including phenoxy) is 1. The van der Waals surface area contributed by atoms with Crippen LogP contribution in [0.25, 0.3) is 6.08 Å². The van der Waals surface area contributed by atoms with E-state index >= 15 is 0 Å². The molecule has 0 aliphatic carbocycles. The van der Waals surface area contributed by atoms with Crippen molar-refractivity contribution >= 4 is 46.2 Å². The van der Waals surface area contributed by atoms with E-state index in [9.17, 15) is 9.18 Å². The molecule has 2 aromatic rings. The van der Waals surface area contributed by atoms with E-state index in [1.165, 1.54) is 30.0 Å². The van der Waals surface area contributed by atoms with Gasteiger partial charge in [0.15, 0.2) is 5.17 Å². The molecule has 0 bridgehead atoms. The van der Waals surface area contributed by atoms with E-state index in [2.05, 4.69) is 10.3 Å². The van der Waals surface area contributed by atoms with E-state index in [1.54, 1.807) is 6.08 Å². The first-order valence-corrected chi connectivity index (χ1v) is 8.78. The van der Waals surface area contributed by atoms with Crippen molar-refractivity contribution in [1.29, 1.82) is 0 Å². The standard InChI is InChI=1S/C18H12ClFN2O2S/c19-13-3-2-12(20)9-14(13)21-18-22-17(23)16(25-18)8-10-1-4-15-11(7-10)5-6-24-15/h1-4,7-9H,5-6H2,(H,21,22,23). The van der Waals surface area contributed by atoms with E-state index in [-0.39, 0.29) is 11.6 Å². The molecule has 25 heavy (non-hydrogen) atoms. The Morgan fingerprint density at radius 1 is 1.28 bits per heavy atom. The first-order valence-electron chi connectivity index (χ1n) is 7.59. The fourth-order valence-corrected chi connectivity index (χ4v) is 3.60. The zero-order chi connectivity index (χ0) is 17.4. The van der Waals surface area contributed by atoms with Gasteiger partial charge in [0.25, 0.3) is 5.91 Å². The lowest BCUT2D eigenvalue weighted by molar-refractivity contribution is -0.115. The third kappa shape index (κ3) is 3.41. The summed E-state index contributed by atoms with van der Waals surface area (Å²) in [5, 5.41) is 3.36. The van der Waals surface area contributed by atoms with Gasteiger partial charge >= 0.3 is 0 Å². The second kappa shape index (κ2) is 6.54. The Kier molecular flexibility index (Phi) is 4.23. The van der Waals surface area contributed by atoms with E-state index < -0.39 is 5.82 Å². The summed E-state index contributed by atoms with van der Waals surface area (Å²) >= 11 is 7.20. The highest BCUT2D eigenvalue weighted by Gasteiger charge is 2.24. The minimum Gasteiger partial charge on any atom is -0.493 e. The van der Waals surface area contributed by atoms with Gasteiger partial charge in [0.05, 0.1) is 22.2 Å². The van der Waals surface area contributed by atoms with Gasteiger partial charge in [0.1, 0.15) is 11.6 Å². The van der Waals surface area contributed by atoms with Gasteiger partial charge in [-0.1, -0.05) is 17.7 Å². The van der Waals surface area contributed by atoms with E-state index in [1.807, 2.05) is 18.2 Å². The second-order valence-electron chi connectivity index (χ2n) is 5.54. The predicted molar refractivity (Wildman–Crippen MR) is 97.9 cm³/mol. The average molecular weight is 375 g/mol. The van der Waals surface area contributed by atoms with Crippen molar-refractivity contribution in [3.8, 4) is 5.75 Å². The lowest BCUT2D eigenvalue weighted by Gasteiger charge is -2.00. The molecule has 2 aliphatic heterocycles. The molecule has 1 amide bonds. The van der Waals surface area contributed by atoms with Crippen molar-refractivity contribution in [3.63, 3.8) is 0 Å². The monoisotopic (exact) mass is 374 g/mol. The smallest absolute Gasteiger partial charge is 0.264 e. The number of halogens is 2. The third-order valence-corrected chi connectivity index (χ3v) is 5.02. The van der Waals surface area contributed by atoms with Crippen molar-refractivity contribution in [2.45, 2.75) is 6.42 Å². The number of hydrogen-bond acceptors (Lipinski definition) is 4. The van der Waals surface area contributed by atoms with Gasteiger partial charge in [0.2, 0.25) is 0 Å². The molecule has 1 fully saturated rings. The minimum atomic E-state index is -0.436. The van der Waals surface area contributed by atoms with Crippen LogP contribution in [0.1, 0.15) is 11.1 Å². The molecular formula is C18H12ClFN2O2S. The summed E-state index contributed by atoms with van der Waals surface area (Å²) < 4.78 is 18.8. The molecule has 0 radical (unpaired) electrons. The fourth-order valence-electron chi connectivity index (χ4n) is 2.61. The fraction of sp³-hybridized carbons (Fsp3) is 0.111. The molecule has 126 valence electrons. The SMILES string of the molecule is O=C1NC(=Nc2cc(F)ccc2Cl)SC1=Cc1ccc2c(c1)CCO2. The second-order valence-corrected chi connectivity index (χ2v) is 6.98. The van der Waals surface area contributed by atoms with E-state index in [0.717, 1.165) is 23.3 Å². The quantitative estimate of drug-likeness (QED) is 0.797. The van der Waals surface area contributed by atoms with Crippen molar-refractivity contribution in [2.75, 3.05) is 6.61 Å². The minimum absolute atomic E-state index is 0.243. The summed E-state index contributed by atoms with van der Waals surface area (Å²) in [4.78, 5) is 16.9. The molecular weight excluding hydrogens is 363 g/mol. The van der Waals surface area contributed by atoms with Gasteiger partial charge in [0, 0.05) is 12.5 Å². The number of rotatable bonds is 2. The van der Waals surface area contributed by atoms with Crippen LogP contribution in [-0.2, 0) is 11.2 Å². The van der Waals surface area contributed by atoms with Crippen LogP contribution in [-0.4, -0.2) is 17.7 Å². The Bertz CT molecular complexity index is 943. The molecule has 4 nitrogen and oxygen atoms in total. The molecule has 1 N–H and O–H groups in total. The van der Waals surface area contributed by atoms with Gasteiger partial charge < -0.3 is 10.1 Å². The van der Waals surface area contributed by atoms with Crippen LogP contribution in [0.2, 0.25) is 5.02 Å². The topological polar surface area (TPSA) is 50.7 Å². The number of nitrogens with zero attached hydrogens (tertiary/aromatic N) is 1. The molecule has 0 unspecified atom stereocenters. The van der Waals surface area contributed by atoms with Crippen LogP contribution in [0.3, 0.4) is 0 Å². The van der Waals surface area contributed by atoms with Crippen LogP contribution in [0.5, 0.6) is 5.75 Å². The number of nitrogens with one attached hydrogen (secondary N) is 1. The number of hydrogen-bond donors (Lipinski definition) is 1. The highest BCUT2D eigenvalue weighted by molar-refractivity contribution is 8.18. The molecule has 2 heterocycles. The van der Waals surface area contributed by atoms with Crippen molar-refractivity contribution < 1.29 is 13.9 Å². The number of carbonyl (C=O) groups excluding carboxylic acids is 1. The molecule has 4 rings (SSSR count). The Labute approximate surface area is 152 Å². The number of benzene rings is 2. The Morgan fingerprint density at radius 2 is 2.16 bits per heavy atom. The number of aliphatic imine (C=N–C) groups is 1. The van der Waals surface area contributed by atoms with Crippen LogP contribution >= 0.6 is 23.4 Å². The summed E-state index contributed by atoms with van der Waals surface area (Å²) in [6.45, 7) is 0.690. The first kappa shape index (κ1) is 16.2. The maximum absolute atomic E-state index is 13.3. The maximum atomic E-state index is 13.3. The van der Waals surface area contributed by atoms with Crippen LogP contribution < -0.4 is 10.1 Å². The zero-order valence-corrected chi connectivity index (χ0v) is 14.5. The summed E-state index contributed by atoms with van der Waals surface area (Å²) in [6.07, 6.45) is 2.67. The summed E-state index contributed by atoms with van der Waals surface area (Å²) in [5.74, 6) is 0.218. The Hall–Kier alpha value is -2.31. The van der Waals surface area contributed by atoms with Gasteiger partial charge in [-0.15, -0.1) is 0 Å². The molecule has 1 saturated heterocycles. The van der Waals surface area contributed by atoms with Crippen molar-refractivity contribution in [2.24, 2.45) is 4.99 Å². The number of carbonyl (C=O) groups is 1. The van der Waals surface area contributed by atoms with Gasteiger partial charge in [-0.05, 0) is 53.2 Å². The highest BCUT2D eigenvalue weighted by atomic mass is 35.5. The molecule has 0 saturated carbocycles. The van der Waals surface area contributed by atoms with Crippen LogP contribution in [0, 0.1) is 5.82 Å². The average Bonchev–Trinajstić information content (AvgIpc) is 3.17. The lowest BCUT2D eigenvalue weighted by Crippen LogP contribution is -2.19. The van der Waals surface area contributed by atoms with Crippen molar-refractivity contribution in [3.05, 3.63) is 63.3 Å². The Morgan fingerprint density at radius 3 is 3.04 bits per heavy atom. The van der Waals surface area contributed by atoms with Crippen LogP contribution in [0.15, 0.2) is 46.3 Å².